The van der Waals surface area contributed by atoms with Crippen LogP contribution in [0.4, 0.5) is 4.79 Å². The molecule has 7 heteroatoms. The van der Waals surface area contributed by atoms with Crippen molar-refractivity contribution in [3.05, 3.63) is 59.7 Å². The number of carbonyl (C=O) groups is 3. The minimum absolute atomic E-state index is 0.0863. The van der Waals surface area contributed by atoms with Gasteiger partial charge in [-0.3, -0.25) is 19.7 Å². The van der Waals surface area contributed by atoms with Crippen LogP contribution in [0.1, 0.15) is 22.8 Å². The maximum absolute atomic E-state index is 12.2. The molecule has 2 amide bonds. The second-order valence-electron chi connectivity index (χ2n) is 6.34. The van der Waals surface area contributed by atoms with Crippen molar-refractivity contribution in [2.75, 3.05) is 13.7 Å². The van der Waals surface area contributed by atoms with E-state index >= 15 is 0 Å². The Morgan fingerprint density at radius 2 is 1.85 bits per heavy atom. The van der Waals surface area contributed by atoms with Crippen LogP contribution in [0.3, 0.4) is 0 Å². The average molecular weight is 385 g/mol. The number of ether oxygens (including phenoxy) is 2. The van der Waals surface area contributed by atoms with Gasteiger partial charge in [-0.15, -0.1) is 0 Å². The maximum Gasteiger partial charge on any atom is 0.286 e. The van der Waals surface area contributed by atoms with Crippen molar-refractivity contribution < 1.29 is 23.9 Å². The van der Waals surface area contributed by atoms with Crippen LogP contribution in [0.5, 0.6) is 11.5 Å². The Morgan fingerprint density at radius 3 is 2.48 bits per heavy atom. The molecule has 0 saturated carbocycles. The summed E-state index contributed by atoms with van der Waals surface area (Å²) >= 11 is 1.00. The molecular weight excluding hydrogens is 366 g/mol. The average Bonchev–Trinajstić information content (AvgIpc) is 2.92. The third-order valence-corrected chi connectivity index (χ3v) is 5.31. The highest BCUT2D eigenvalue weighted by molar-refractivity contribution is 8.16. The Labute approximate surface area is 161 Å². The van der Waals surface area contributed by atoms with Gasteiger partial charge in [-0.05, 0) is 54.9 Å². The largest absolute Gasteiger partial charge is 0.497 e. The molecule has 1 aliphatic rings. The summed E-state index contributed by atoms with van der Waals surface area (Å²) in [4.78, 5) is 35.5. The number of thioether (sulfide) groups is 1. The summed E-state index contributed by atoms with van der Waals surface area (Å²) < 4.78 is 9.86. The topological polar surface area (TPSA) is 81.7 Å². The molecule has 3 rings (SSSR count). The number of rotatable bonds is 7. The number of Topliss-reactive ketones (excluding diaryl/α,β-unsaturated/α-hetero) is 1. The second kappa shape index (κ2) is 7.84. The van der Waals surface area contributed by atoms with Crippen molar-refractivity contribution in [3.8, 4) is 11.5 Å². The standard InChI is InChI=1S/C20H19NO5S/c1-20(18(23)21-19(24)27-20)11-13-6-8-15(9-7-13)26-12-17(22)14-4-3-5-16(10-14)25-2/h3-10H,11-12H2,1-2H3,(H,21,23,24)/t20-/m1/s1. The molecule has 0 aliphatic carbocycles. The van der Waals surface area contributed by atoms with E-state index in [1.807, 2.05) is 12.1 Å². The van der Waals surface area contributed by atoms with Crippen molar-refractivity contribution in [2.24, 2.45) is 0 Å². The van der Waals surface area contributed by atoms with Gasteiger partial charge in [-0.25, -0.2) is 0 Å². The van der Waals surface area contributed by atoms with Gasteiger partial charge in [-0.1, -0.05) is 24.3 Å². The molecule has 0 radical (unpaired) electrons. The van der Waals surface area contributed by atoms with Crippen molar-refractivity contribution in [1.29, 1.82) is 0 Å². The van der Waals surface area contributed by atoms with E-state index in [1.54, 1.807) is 50.4 Å². The van der Waals surface area contributed by atoms with Gasteiger partial charge in [-0.2, -0.15) is 0 Å². The van der Waals surface area contributed by atoms with Gasteiger partial charge >= 0.3 is 0 Å². The Hall–Kier alpha value is -2.80. The van der Waals surface area contributed by atoms with Gasteiger partial charge in [0.2, 0.25) is 5.91 Å². The number of amides is 2. The van der Waals surface area contributed by atoms with Gasteiger partial charge in [0.1, 0.15) is 16.2 Å². The molecule has 2 aromatic rings. The van der Waals surface area contributed by atoms with E-state index in [4.69, 9.17) is 9.47 Å². The van der Waals surface area contributed by atoms with Crippen molar-refractivity contribution in [1.82, 2.24) is 5.32 Å². The minimum Gasteiger partial charge on any atom is -0.497 e. The fourth-order valence-electron chi connectivity index (χ4n) is 2.74. The molecule has 140 valence electrons. The first-order valence-corrected chi connectivity index (χ1v) is 9.15. The van der Waals surface area contributed by atoms with Crippen LogP contribution in [0.2, 0.25) is 0 Å². The predicted octanol–water partition coefficient (Wildman–Crippen LogP) is 3.24. The third-order valence-electron chi connectivity index (χ3n) is 4.24. The van der Waals surface area contributed by atoms with Crippen molar-refractivity contribution in [3.63, 3.8) is 0 Å². The highest BCUT2D eigenvalue weighted by Gasteiger charge is 2.43. The summed E-state index contributed by atoms with van der Waals surface area (Å²) in [6.45, 7) is 1.66. The maximum atomic E-state index is 12.2. The first-order chi connectivity index (χ1) is 12.9. The highest BCUT2D eigenvalue weighted by atomic mass is 32.2. The fourth-order valence-corrected chi connectivity index (χ4v) is 3.67. The Bertz CT molecular complexity index is 880. The summed E-state index contributed by atoms with van der Waals surface area (Å²) in [6.07, 6.45) is 0.429. The van der Waals surface area contributed by atoms with Crippen LogP contribution in [0.15, 0.2) is 48.5 Å². The molecule has 0 unspecified atom stereocenters. The van der Waals surface area contributed by atoms with Crippen LogP contribution >= 0.6 is 11.8 Å². The number of hydrogen-bond acceptors (Lipinski definition) is 6. The number of nitrogens with one attached hydrogen (secondary N) is 1. The number of carbonyl (C=O) groups excluding carboxylic acids is 3. The molecule has 0 spiro atoms. The lowest BCUT2D eigenvalue weighted by Gasteiger charge is -2.18. The van der Waals surface area contributed by atoms with Crippen LogP contribution in [0, 0.1) is 0 Å². The molecule has 1 saturated heterocycles. The molecule has 6 nitrogen and oxygen atoms in total. The summed E-state index contributed by atoms with van der Waals surface area (Å²) in [5, 5.41) is 1.99. The lowest BCUT2D eigenvalue weighted by molar-refractivity contribution is -0.121. The van der Waals surface area contributed by atoms with Gasteiger partial charge in [0.25, 0.3) is 5.24 Å². The summed E-state index contributed by atoms with van der Waals surface area (Å²) in [6, 6.07) is 14.1. The lowest BCUT2D eigenvalue weighted by Crippen LogP contribution is -2.35. The van der Waals surface area contributed by atoms with E-state index < -0.39 is 4.75 Å². The van der Waals surface area contributed by atoms with Crippen LogP contribution < -0.4 is 14.8 Å². The molecule has 0 aromatic heterocycles. The fraction of sp³-hybridized carbons (Fsp3) is 0.250. The van der Waals surface area contributed by atoms with E-state index in [1.165, 1.54) is 0 Å². The lowest BCUT2D eigenvalue weighted by atomic mass is 9.99. The van der Waals surface area contributed by atoms with Gasteiger partial charge in [0.15, 0.2) is 12.4 Å². The smallest absolute Gasteiger partial charge is 0.286 e. The summed E-state index contributed by atoms with van der Waals surface area (Å²) in [5.74, 6) is 0.746. The molecule has 1 aliphatic heterocycles. The number of imide groups is 1. The van der Waals surface area contributed by atoms with E-state index in [0.717, 1.165) is 17.3 Å². The molecule has 1 fully saturated rings. The number of benzene rings is 2. The first-order valence-electron chi connectivity index (χ1n) is 8.33. The monoisotopic (exact) mass is 385 g/mol. The zero-order chi connectivity index (χ0) is 19.4. The molecule has 27 heavy (non-hydrogen) atoms. The van der Waals surface area contributed by atoms with E-state index in [0.29, 0.717) is 23.5 Å². The molecule has 1 atom stereocenters. The van der Waals surface area contributed by atoms with Crippen LogP contribution in [-0.4, -0.2) is 35.4 Å². The molecule has 1 heterocycles. The SMILES string of the molecule is COc1cccc(C(=O)COc2ccc(C[C@@]3(C)SC(=O)NC3=O)cc2)c1. The highest BCUT2D eigenvalue weighted by Crippen LogP contribution is 2.34. The molecule has 1 N–H and O–H groups in total. The number of ketones is 1. The van der Waals surface area contributed by atoms with E-state index in [2.05, 4.69) is 5.32 Å². The third kappa shape index (κ3) is 4.49. The normalized spacial score (nSPS) is 18.9. The second-order valence-corrected chi connectivity index (χ2v) is 7.81. The van der Waals surface area contributed by atoms with E-state index in [9.17, 15) is 14.4 Å². The quantitative estimate of drug-likeness (QED) is 0.737. The zero-order valence-electron chi connectivity index (χ0n) is 15.0. The number of hydrogen-bond donors (Lipinski definition) is 1. The summed E-state index contributed by atoms with van der Waals surface area (Å²) in [5.41, 5.74) is 1.43. The van der Waals surface area contributed by atoms with E-state index in [-0.39, 0.29) is 23.5 Å². The predicted molar refractivity (Wildman–Crippen MR) is 103 cm³/mol. The Morgan fingerprint density at radius 1 is 1.11 bits per heavy atom. The minimum atomic E-state index is -0.804. The molecule has 0 bridgehead atoms. The van der Waals surface area contributed by atoms with Crippen molar-refractivity contribution in [2.45, 2.75) is 18.1 Å². The Balaban J connectivity index is 1.58. The molecular formula is C20H19NO5S. The first kappa shape index (κ1) is 19.0. The van der Waals surface area contributed by atoms with Gasteiger partial charge in [0.05, 0.1) is 7.11 Å². The molecule has 2 aromatic carbocycles. The van der Waals surface area contributed by atoms with Crippen LogP contribution in [0.25, 0.3) is 0 Å². The van der Waals surface area contributed by atoms with Crippen molar-refractivity contribution >= 4 is 28.7 Å². The Kier molecular flexibility index (Phi) is 5.51. The zero-order valence-corrected chi connectivity index (χ0v) is 15.8. The van der Waals surface area contributed by atoms with Gasteiger partial charge < -0.3 is 9.47 Å². The van der Waals surface area contributed by atoms with Crippen LogP contribution in [-0.2, 0) is 11.2 Å². The number of methoxy groups -OCH3 is 1. The summed E-state index contributed by atoms with van der Waals surface area (Å²) in [7, 11) is 1.55. The van der Waals surface area contributed by atoms with Gasteiger partial charge in [0, 0.05) is 5.56 Å².